The quantitative estimate of drug-likeness (QED) is 0.218. The molecule has 0 radical (unpaired) electrons. The van der Waals surface area contributed by atoms with E-state index in [1.165, 1.54) is 0 Å². The van der Waals surface area contributed by atoms with Crippen molar-refractivity contribution in [3.05, 3.63) is 108 Å². The fourth-order valence-electron chi connectivity index (χ4n) is 3.72. The summed E-state index contributed by atoms with van der Waals surface area (Å²) in [7, 11) is -2.06. The molecule has 0 bridgehead atoms. The Bertz CT molecular complexity index is 1040. The molecule has 3 aromatic rings. The van der Waals surface area contributed by atoms with Crippen molar-refractivity contribution in [1.29, 1.82) is 0 Å². The summed E-state index contributed by atoms with van der Waals surface area (Å²) in [6.07, 6.45) is -2.02. The van der Waals surface area contributed by atoms with E-state index in [1.807, 2.05) is 91.0 Å². The van der Waals surface area contributed by atoms with Crippen LogP contribution in [0.4, 0.5) is 0 Å². The van der Waals surface area contributed by atoms with Crippen molar-refractivity contribution in [3.8, 4) is 0 Å². The van der Waals surface area contributed by atoms with Crippen LogP contribution in [0.2, 0.25) is 18.1 Å². The first-order valence-corrected chi connectivity index (χ1v) is 16.3. The third-order valence-corrected chi connectivity index (χ3v) is 11.7. The lowest BCUT2D eigenvalue weighted by molar-refractivity contribution is -0.156. The first-order chi connectivity index (χ1) is 18.2. The SMILES string of the molecule is CC(C)(C)[Si](C)(C)OC[C@H](OCc1ccccc1)[C@H](OCc1ccccc1)[C@H](O)COCc1ccccc1. The maximum absolute atomic E-state index is 11.3. The van der Waals surface area contributed by atoms with Crippen LogP contribution in [0.3, 0.4) is 0 Å². The fraction of sp³-hybridized carbons (Fsp3) is 0.438. The van der Waals surface area contributed by atoms with Crippen molar-refractivity contribution in [3.63, 3.8) is 0 Å². The molecular formula is C32H44O5Si. The van der Waals surface area contributed by atoms with Crippen molar-refractivity contribution >= 4 is 8.32 Å². The van der Waals surface area contributed by atoms with E-state index in [9.17, 15) is 5.11 Å². The van der Waals surface area contributed by atoms with E-state index in [-0.39, 0.29) is 11.6 Å². The first kappa shape index (κ1) is 30.2. The van der Waals surface area contributed by atoms with Crippen LogP contribution < -0.4 is 0 Å². The molecule has 1 N–H and O–H groups in total. The standard InChI is InChI=1S/C32H44O5Si/c1-32(2,3)38(4,5)37-25-30(35-22-27-17-11-7-12-18-27)31(36-23-28-19-13-8-14-20-28)29(33)24-34-21-26-15-9-6-10-16-26/h6-20,29-31,33H,21-25H2,1-5H3/t29-,30+,31-/m1/s1. The molecule has 38 heavy (non-hydrogen) atoms. The summed E-state index contributed by atoms with van der Waals surface area (Å²) in [4.78, 5) is 0. The lowest BCUT2D eigenvalue weighted by Crippen LogP contribution is -2.49. The van der Waals surface area contributed by atoms with E-state index in [4.69, 9.17) is 18.6 Å². The molecular weight excluding hydrogens is 492 g/mol. The highest BCUT2D eigenvalue weighted by atomic mass is 28.4. The van der Waals surface area contributed by atoms with Crippen LogP contribution >= 0.6 is 0 Å². The zero-order valence-corrected chi connectivity index (χ0v) is 24.5. The molecule has 5 nitrogen and oxygen atoms in total. The van der Waals surface area contributed by atoms with Gasteiger partial charge in [0.15, 0.2) is 8.32 Å². The molecule has 3 aromatic carbocycles. The zero-order chi connectivity index (χ0) is 27.4. The highest BCUT2D eigenvalue weighted by Gasteiger charge is 2.39. The minimum Gasteiger partial charge on any atom is -0.414 e. The number of hydrogen-bond acceptors (Lipinski definition) is 5. The molecule has 0 spiro atoms. The van der Waals surface area contributed by atoms with Gasteiger partial charge in [-0.25, -0.2) is 0 Å². The highest BCUT2D eigenvalue weighted by Crippen LogP contribution is 2.37. The Hall–Kier alpha value is -2.32. The molecule has 6 heteroatoms. The minimum atomic E-state index is -2.06. The number of benzene rings is 3. The van der Waals surface area contributed by atoms with Gasteiger partial charge in [-0.1, -0.05) is 112 Å². The summed E-state index contributed by atoms with van der Waals surface area (Å²) in [5.41, 5.74) is 3.14. The summed E-state index contributed by atoms with van der Waals surface area (Å²) in [6, 6.07) is 30.0. The molecule has 0 heterocycles. The minimum absolute atomic E-state index is 0.0504. The van der Waals surface area contributed by atoms with Crippen molar-refractivity contribution in [1.82, 2.24) is 0 Å². The first-order valence-electron chi connectivity index (χ1n) is 13.4. The number of aliphatic hydroxyl groups is 1. The third kappa shape index (κ3) is 9.77. The van der Waals surface area contributed by atoms with Crippen molar-refractivity contribution < 1.29 is 23.7 Å². The molecule has 0 saturated carbocycles. The Labute approximate surface area is 229 Å². The van der Waals surface area contributed by atoms with Gasteiger partial charge in [0.2, 0.25) is 0 Å². The lowest BCUT2D eigenvalue weighted by atomic mass is 10.1. The van der Waals surface area contributed by atoms with Crippen molar-refractivity contribution in [2.45, 2.75) is 77.0 Å². The average molecular weight is 537 g/mol. The van der Waals surface area contributed by atoms with Gasteiger partial charge in [0.25, 0.3) is 0 Å². The van der Waals surface area contributed by atoms with E-state index in [0.29, 0.717) is 26.4 Å². The van der Waals surface area contributed by atoms with Gasteiger partial charge >= 0.3 is 0 Å². The smallest absolute Gasteiger partial charge is 0.192 e. The Morgan fingerprint density at radius 3 is 1.58 bits per heavy atom. The lowest BCUT2D eigenvalue weighted by Gasteiger charge is -2.39. The summed E-state index contributed by atoms with van der Waals surface area (Å²) in [5, 5.41) is 11.4. The Kier molecular flexibility index (Phi) is 11.7. The van der Waals surface area contributed by atoms with Crippen LogP contribution in [-0.4, -0.2) is 44.9 Å². The second-order valence-corrected chi connectivity index (χ2v) is 16.0. The number of aliphatic hydroxyl groups excluding tert-OH is 1. The predicted molar refractivity (Wildman–Crippen MR) is 155 cm³/mol. The van der Waals surface area contributed by atoms with Gasteiger partial charge in [-0.3, -0.25) is 0 Å². The Balaban J connectivity index is 1.77. The molecule has 3 atom stereocenters. The number of hydrogen-bond donors (Lipinski definition) is 1. The number of ether oxygens (including phenoxy) is 3. The molecule has 206 valence electrons. The molecule has 0 aliphatic heterocycles. The monoisotopic (exact) mass is 536 g/mol. The van der Waals surface area contributed by atoms with Crippen LogP contribution in [0, 0.1) is 0 Å². The van der Waals surface area contributed by atoms with E-state index in [2.05, 4.69) is 33.9 Å². The van der Waals surface area contributed by atoms with Crippen molar-refractivity contribution in [2.75, 3.05) is 13.2 Å². The predicted octanol–water partition coefficient (Wildman–Crippen LogP) is 6.76. The maximum atomic E-state index is 11.3. The summed E-state index contributed by atoms with van der Waals surface area (Å²) in [5.74, 6) is 0. The second-order valence-electron chi connectivity index (χ2n) is 11.2. The molecule has 0 saturated heterocycles. The number of rotatable bonds is 15. The van der Waals surface area contributed by atoms with E-state index < -0.39 is 26.6 Å². The normalized spacial score (nSPS) is 14.7. The molecule has 3 rings (SSSR count). The highest BCUT2D eigenvalue weighted by molar-refractivity contribution is 6.74. The average Bonchev–Trinajstić information content (AvgIpc) is 2.91. The molecule has 0 aliphatic rings. The van der Waals surface area contributed by atoms with Crippen LogP contribution in [0.15, 0.2) is 91.0 Å². The molecule has 0 unspecified atom stereocenters. The van der Waals surface area contributed by atoms with Gasteiger partial charge in [-0.2, -0.15) is 0 Å². The maximum Gasteiger partial charge on any atom is 0.192 e. The van der Waals surface area contributed by atoms with E-state index in [1.54, 1.807) is 0 Å². The summed E-state index contributed by atoms with van der Waals surface area (Å²) >= 11 is 0. The molecule has 0 aliphatic carbocycles. The van der Waals surface area contributed by atoms with Crippen LogP contribution in [-0.2, 0) is 38.5 Å². The molecule has 0 fully saturated rings. The van der Waals surface area contributed by atoms with Gasteiger partial charge in [0.1, 0.15) is 18.3 Å². The van der Waals surface area contributed by atoms with Gasteiger partial charge in [-0.15, -0.1) is 0 Å². The largest absolute Gasteiger partial charge is 0.414 e. The van der Waals surface area contributed by atoms with Crippen molar-refractivity contribution in [2.24, 2.45) is 0 Å². The van der Waals surface area contributed by atoms with Gasteiger partial charge < -0.3 is 23.7 Å². The van der Waals surface area contributed by atoms with Crippen LogP contribution in [0.1, 0.15) is 37.5 Å². The Morgan fingerprint density at radius 2 is 1.11 bits per heavy atom. The third-order valence-electron chi connectivity index (χ3n) is 7.15. The van der Waals surface area contributed by atoms with Crippen LogP contribution in [0.25, 0.3) is 0 Å². The van der Waals surface area contributed by atoms with E-state index in [0.717, 1.165) is 16.7 Å². The van der Waals surface area contributed by atoms with Crippen LogP contribution in [0.5, 0.6) is 0 Å². The Morgan fingerprint density at radius 1 is 0.658 bits per heavy atom. The second kappa shape index (κ2) is 14.7. The van der Waals surface area contributed by atoms with E-state index >= 15 is 0 Å². The fourth-order valence-corrected chi connectivity index (χ4v) is 4.74. The zero-order valence-electron chi connectivity index (χ0n) is 23.5. The van der Waals surface area contributed by atoms with Gasteiger partial charge in [0.05, 0.1) is 33.0 Å². The van der Waals surface area contributed by atoms with Gasteiger partial charge in [0, 0.05) is 0 Å². The molecule has 0 amide bonds. The molecule has 0 aromatic heterocycles. The summed E-state index contributed by atoms with van der Waals surface area (Å²) in [6.45, 7) is 12.7. The topological polar surface area (TPSA) is 57.2 Å². The van der Waals surface area contributed by atoms with Gasteiger partial charge in [-0.05, 0) is 34.8 Å². The summed E-state index contributed by atoms with van der Waals surface area (Å²) < 4.78 is 25.3.